The molecule has 5 nitrogen and oxygen atoms in total. The molecular formula is C14H16FNO4S. The molecule has 0 spiro atoms. The molecule has 1 aromatic rings. The van der Waals surface area contributed by atoms with Crippen molar-refractivity contribution < 1.29 is 22.7 Å². The molecule has 1 fully saturated rings. The fourth-order valence-corrected chi connectivity index (χ4v) is 3.18. The van der Waals surface area contributed by atoms with Gasteiger partial charge in [0.05, 0.1) is 0 Å². The Kier molecular flexibility index (Phi) is 4.74. The van der Waals surface area contributed by atoms with Crippen LogP contribution in [0.2, 0.25) is 0 Å². The average Bonchev–Trinajstić information content (AvgIpc) is 2.34. The molecule has 2 N–H and O–H groups in total. The summed E-state index contributed by atoms with van der Waals surface area (Å²) in [5.74, 6) is -1.72. The number of carboxylic acids is 1. The first-order valence-electron chi connectivity index (χ1n) is 6.59. The van der Waals surface area contributed by atoms with Gasteiger partial charge in [-0.2, -0.15) is 0 Å². The monoisotopic (exact) mass is 313 g/mol. The van der Waals surface area contributed by atoms with Gasteiger partial charge in [-0.1, -0.05) is 12.5 Å². The number of rotatable bonds is 6. The molecule has 0 radical (unpaired) electrons. The molecule has 0 saturated heterocycles. The number of benzene rings is 1. The summed E-state index contributed by atoms with van der Waals surface area (Å²) in [5.41, 5.74) is 0.285. The van der Waals surface area contributed by atoms with Crippen LogP contribution in [0.15, 0.2) is 29.2 Å². The van der Waals surface area contributed by atoms with Crippen LogP contribution in [-0.4, -0.2) is 26.0 Å². The van der Waals surface area contributed by atoms with Crippen molar-refractivity contribution in [1.82, 2.24) is 4.72 Å². The minimum Gasteiger partial charge on any atom is -0.478 e. The third-order valence-electron chi connectivity index (χ3n) is 3.45. The van der Waals surface area contributed by atoms with Crippen molar-refractivity contribution in [3.05, 3.63) is 35.7 Å². The van der Waals surface area contributed by atoms with E-state index in [1.807, 2.05) is 0 Å². The Balaban J connectivity index is 2.13. The molecule has 0 unspecified atom stereocenters. The molecule has 7 heteroatoms. The maximum absolute atomic E-state index is 13.9. The van der Waals surface area contributed by atoms with E-state index in [9.17, 15) is 17.6 Å². The molecular weight excluding hydrogens is 297 g/mol. The molecule has 114 valence electrons. The Morgan fingerprint density at radius 3 is 2.67 bits per heavy atom. The summed E-state index contributed by atoms with van der Waals surface area (Å²) in [6.07, 6.45) is 5.14. The van der Waals surface area contributed by atoms with Crippen LogP contribution < -0.4 is 4.72 Å². The van der Waals surface area contributed by atoms with Crippen molar-refractivity contribution in [2.24, 2.45) is 5.92 Å². The summed E-state index contributed by atoms with van der Waals surface area (Å²) in [6.45, 7) is 0.322. The highest BCUT2D eigenvalue weighted by Crippen LogP contribution is 2.26. The molecule has 0 aromatic heterocycles. The van der Waals surface area contributed by atoms with Crippen LogP contribution in [0.5, 0.6) is 0 Å². The van der Waals surface area contributed by atoms with Crippen LogP contribution in [-0.2, 0) is 14.8 Å². The standard InChI is InChI=1S/C14H16FNO4S/c15-12-8-10(5-7-14(17)18)4-6-13(12)21(19,20)16-9-11-2-1-3-11/h4-8,11,16H,1-3,9H2,(H,17,18)/b7-5+. The number of carbonyl (C=O) groups is 1. The predicted octanol–water partition coefficient (Wildman–Crippen LogP) is 2.00. The first-order valence-corrected chi connectivity index (χ1v) is 8.07. The van der Waals surface area contributed by atoms with Gasteiger partial charge in [0, 0.05) is 12.6 Å². The Bertz CT molecular complexity index is 666. The Morgan fingerprint density at radius 2 is 2.14 bits per heavy atom. The fraction of sp³-hybridized carbons (Fsp3) is 0.357. The summed E-state index contributed by atoms with van der Waals surface area (Å²) < 4.78 is 40.3. The van der Waals surface area contributed by atoms with E-state index in [2.05, 4.69) is 4.72 Å². The zero-order chi connectivity index (χ0) is 15.5. The van der Waals surface area contributed by atoms with Gasteiger partial charge in [0.1, 0.15) is 10.7 Å². The number of carboxylic acid groups (broad SMARTS) is 1. The molecule has 1 aromatic carbocycles. The molecule has 0 atom stereocenters. The Labute approximate surface area is 122 Å². The topological polar surface area (TPSA) is 83.5 Å². The van der Waals surface area contributed by atoms with E-state index in [0.29, 0.717) is 12.5 Å². The highest BCUT2D eigenvalue weighted by Gasteiger charge is 2.23. The number of hydrogen-bond acceptors (Lipinski definition) is 3. The normalized spacial score (nSPS) is 16.0. The molecule has 2 rings (SSSR count). The quantitative estimate of drug-likeness (QED) is 0.787. The molecule has 1 saturated carbocycles. The van der Waals surface area contributed by atoms with Gasteiger partial charge in [0.15, 0.2) is 0 Å². The summed E-state index contributed by atoms with van der Waals surface area (Å²) in [7, 11) is -3.88. The first kappa shape index (κ1) is 15.7. The maximum Gasteiger partial charge on any atom is 0.328 e. The lowest BCUT2D eigenvalue weighted by atomic mass is 9.86. The minimum absolute atomic E-state index is 0.285. The van der Waals surface area contributed by atoms with Gasteiger partial charge in [0.2, 0.25) is 10.0 Å². The Hall–Kier alpha value is -1.73. The highest BCUT2D eigenvalue weighted by molar-refractivity contribution is 7.89. The van der Waals surface area contributed by atoms with Gasteiger partial charge >= 0.3 is 5.97 Å². The number of nitrogens with one attached hydrogen (secondary N) is 1. The van der Waals surface area contributed by atoms with Crippen LogP contribution in [0.3, 0.4) is 0 Å². The number of halogens is 1. The zero-order valence-corrected chi connectivity index (χ0v) is 12.1. The zero-order valence-electron chi connectivity index (χ0n) is 11.3. The van der Waals surface area contributed by atoms with E-state index < -0.39 is 26.7 Å². The van der Waals surface area contributed by atoms with Crippen molar-refractivity contribution in [2.45, 2.75) is 24.2 Å². The lowest BCUT2D eigenvalue weighted by Gasteiger charge is -2.25. The van der Waals surface area contributed by atoms with Crippen molar-refractivity contribution >= 4 is 22.1 Å². The lowest BCUT2D eigenvalue weighted by molar-refractivity contribution is -0.131. The molecule has 0 bridgehead atoms. The van der Waals surface area contributed by atoms with Crippen LogP contribution in [0.25, 0.3) is 6.08 Å². The lowest BCUT2D eigenvalue weighted by Crippen LogP contribution is -2.32. The number of aliphatic carboxylic acids is 1. The first-order chi connectivity index (χ1) is 9.88. The van der Waals surface area contributed by atoms with Gasteiger partial charge in [-0.25, -0.2) is 22.3 Å². The molecule has 1 aliphatic rings. The van der Waals surface area contributed by atoms with E-state index in [1.165, 1.54) is 12.1 Å². The highest BCUT2D eigenvalue weighted by atomic mass is 32.2. The molecule has 1 aliphatic carbocycles. The van der Waals surface area contributed by atoms with Gasteiger partial charge in [-0.3, -0.25) is 0 Å². The second-order valence-corrected chi connectivity index (χ2v) is 6.75. The van der Waals surface area contributed by atoms with Crippen LogP contribution >= 0.6 is 0 Å². The predicted molar refractivity (Wildman–Crippen MR) is 75.6 cm³/mol. The number of sulfonamides is 1. The average molecular weight is 313 g/mol. The van der Waals surface area contributed by atoms with Gasteiger partial charge in [-0.15, -0.1) is 0 Å². The van der Waals surface area contributed by atoms with Crippen LogP contribution in [0.1, 0.15) is 24.8 Å². The molecule has 0 heterocycles. The van der Waals surface area contributed by atoms with Crippen molar-refractivity contribution in [3.8, 4) is 0 Å². The summed E-state index contributed by atoms with van der Waals surface area (Å²) >= 11 is 0. The van der Waals surface area contributed by atoms with Crippen molar-refractivity contribution in [1.29, 1.82) is 0 Å². The van der Waals surface area contributed by atoms with Crippen LogP contribution in [0.4, 0.5) is 4.39 Å². The maximum atomic E-state index is 13.9. The van der Waals surface area contributed by atoms with E-state index >= 15 is 0 Å². The summed E-state index contributed by atoms with van der Waals surface area (Å²) in [6, 6.07) is 3.50. The Morgan fingerprint density at radius 1 is 1.43 bits per heavy atom. The molecule has 0 amide bonds. The summed E-state index contributed by atoms with van der Waals surface area (Å²) in [4.78, 5) is 9.96. The fourth-order valence-electron chi connectivity index (χ4n) is 2.01. The van der Waals surface area contributed by atoms with E-state index in [-0.39, 0.29) is 5.56 Å². The van der Waals surface area contributed by atoms with E-state index in [1.54, 1.807) is 0 Å². The molecule has 0 aliphatic heterocycles. The second kappa shape index (κ2) is 6.36. The van der Waals surface area contributed by atoms with Crippen LogP contribution in [0, 0.1) is 11.7 Å². The van der Waals surface area contributed by atoms with Crippen molar-refractivity contribution in [2.75, 3.05) is 6.54 Å². The van der Waals surface area contributed by atoms with Gasteiger partial charge < -0.3 is 5.11 Å². The third kappa shape index (κ3) is 4.12. The number of hydrogen-bond donors (Lipinski definition) is 2. The smallest absolute Gasteiger partial charge is 0.328 e. The van der Waals surface area contributed by atoms with E-state index in [4.69, 9.17) is 5.11 Å². The second-order valence-electron chi connectivity index (χ2n) is 5.01. The van der Waals surface area contributed by atoms with Gasteiger partial charge in [0.25, 0.3) is 0 Å². The van der Waals surface area contributed by atoms with Gasteiger partial charge in [-0.05, 0) is 42.5 Å². The largest absolute Gasteiger partial charge is 0.478 e. The minimum atomic E-state index is -3.88. The summed E-state index contributed by atoms with van der Waals surface area (Å²) in [5, 5.41) is 8.49. The van der Waals surface area contributed by atoms with Crippen molar-refractivity contribution in [3.63, 3.8) is 0 Å². The van der Waals surface area contributed by atoms with E-state index in [0.717, 1.165) is 37.5 Å². The SMILES string of the molecule is O=C(O)/C=C/c1ccc(S(=O)(=O)NCC2CCC2)c(F)c1. The third-order valence-corrected chi connectivity index (χ3v) is 4.91. The molecule has 21 heavy (non-hydrogen) atoms.